The van der Waals surface area contributed by atoms with Crippen LogP contribution < -0.4 is 5.32 Å². The summed E-state index contributed by atoms with van der Waals surface area (Å²) in [5.74, 6) is -1.37. The van der Waals surface area contributed by atoms with E-state index >= 15 is 0 Å². The van der Waals surface area contributed by atoms with Crippen molar-refractivity contribution in [1.82, 2.24) is 0 Å². The fraction of sp³-hybridized carbons (Fsp3) is 0.143. The Labute approximate surface area is 147 Å². The Morgan fingerprint density at radius 3 is 2.67 bits per heavy atom. The average Bonchev–Trinajstić information content (AvgIpc) is 2.84. The lowest BCUT2D eigenvalue weighted by Crippen LogP contribution is -2.14. The van der Waals surface area contributed by atoms with Gasteiger partial charge in [0.2, 0.25) is 0 Å². The Morgan fingerprint density at radius 2 is 2.05 bits per heavy atom. The summed E-state index contributed by atoms with van der Waals surface area (Å²) in [4.78, 5) is 24.5. The molecule has 0 aliphatic heterocycles. The van der Waals surface area contributed by atoms with Crippen LogP contribution in [0.15, 0.2) is 28.7 Å². The van der Waals surface area contributed by atoms with E-state index in [1.807, 2.05) is 13.0 Å². The highest BCUT2D eigenvalue weighted by molar-refractivity contribution is 14.1. The molecule has 0 aliphatic rings. The fourth-order valence-electron chi connectivity index (χ4n) is 1.71. The molecule has 1 aromatic carbocycles. The third-order valence-electron chi connectivity index (χ3n) is 2.76. The lowest BCUT2D eigenvalue weighted by molar-refractivity contribution is 0.0698. The number of amides is 1. The first-order chi connectivity index (χ1) is 9.92. The van der Waals surface area contributed by atoms with Crippen LogP contribution in [0.3, 0.4) is 0 Å². The number of benzene rings is 1. The van der Waals surface area contributed by atoms with E-state index < -0.39 is 5.97 Å². The average molecular weight is 480 g/mol. The van der Waals surface area contributed by atoms with Gasteiger partial charge in [-0.2, -0.15) is 0 Å². The summed E-state index contributed by atoms with van der Waals surface area (Å²) in [6.07, 6.45) is 0.730. The molecule has 110 valence electrons. The molecule has 0 unspecified atom stereocenters. The first-order valence-corrected chi connectivity index (χ1v) is 8.73. The van der Waals surface area contributed by atoms with Gasteiger partial charge in [0, 0.05) is 12.9 Å². The van der Waals surface area contributed by atoms with Gasteiger partial charge in [0.1, 0.15) is 5.00 Å². The molecule has 2 rings (SSSR count). The summed E-state index contributed by atoms with van der Waals surface area (Å²) < 4.78 is 1.60. The maximum atomic E-state index is 12.3. The van der Waals surface area contributed by atoms with Gasteiger partial charge < -0.3 is 10.4 Å². The zero-order valence-corrected chi connectivity index (χ0v) is 15.5. The number of carboxylic acid groups (broad SMARTS) is 1. The summed E-state index contributed by atoms with van der Waals surface area (Å²) in [6, 6.07) is 7.02. The van der Waals surface area contributed by atoms with Crippen LogP contribution in [0.1, 0.15) is 32.5 Å². The molecule has 0 bridgehead atoms. The molecule has 7 heteroatoms. The van der Waals surface area contributed by atoms with Crippen molar-refractivity contribution in [2.75, 3.05) is 5.32 Å². The Balaban J connectivity index is 2.33. The van der Waals surface area contributed by atoms with Gasteiger partial charge in [0.15, 0.2) is 0 Å². The van der Waals surface area contributed by atoms with Crippen molar-refractivity contribution < 1.29 is 14.7 Å². The standard InChI is InChI=1S/C14H11BrINO3S/c1-2-8-6-10(14(19)20)13(21-8)17-12(18)9-5-7(16)3-4-11(9)15/h3-6H,2H2,1H3,(H,17,18)(H,19,20). The second-order valence-corrected chi connectivity index (χ2v) is 7.43. The molecule has 1 heterocycles. The number of carbonyl (C=O) groups is 2. The van der Waals surface area contributed by atoms with E-state index in [-0.39, 0.29) is 11.5 Å². The van der Waals surface area contributed by atoms with Crippen LogP contribution in [0, 0.1) is 3.57 Å². The normalized spacial score (nSPS) is 10.4. The topological polar surface area (TPSA) is 66.4 Å². The molecule has 2 aromatic rings. The van der Waals surface area contributed by atoms with Crippen LogP contribution >= 0.6 is 49.9 Å². The Morgan fingerprint density at radius 1 is 1.33 bits per heavy atom. The van der Waals surface area contributed by atoms with Gasteiger partial charge in [-0.05, 0) is 69.2 Å². The van der Waals surface area contributed by atoms with E-state index in [1.165, 1.54) is 11.3 Å². The summed E-state index contributed by atoms with van der Waals surface area (Å²) in [5, 5.41) is 12.3. The molecule has 0 fully saturated rings. The molecule has 0 radical (unpaired) electrons. The van der Waals surface area contributed by atoms with Gasteiger partial charge in [0.25, 0.3) is 5.91 Å². The first-order valence-electron chi connectivity index (χ1n) is 6.04. The van der Waals surface area contributed by atoms with Gasteiger partial charge >= 0.3 is 5.97 Å². The van der Waals surface area contributed by atoms with E-state index in [9.17, 15) is 14.7 Å². The Hall–Kier alpha value is -0.930. The summed E-state index contributed by atoms with van der Waals surface area (Å²) >= 11 is 6.75. The minimum atomic E-state index is -1.04. The number of thiophene rings is 1. The summed E-state index contributed by atoms with van der Waals surface area (Å²) in [6.45, 7) is 1.94. The Kier molecular flexibility index (Phi) is 5.39. The van der Waals surface area contributed by atoms with Gasteiger partial charge in [-0.3, -0.25) is 4.79 Å². The Bertz CT molecular complexity index is 714. The highest BCUT2D eigenvalue weighted by atomic mass is 127. The van der Waals surface area contributed by atoms with Crippen LogP contribution in [0.4, 0.5) is 5.00 Å². The minimum Gasteiger partial charge on any atom is -0.478 e. The third kappa shape index (κ3) is 3.83. The SMILES string of the molecule is CCc1cc(C(=O)O)c(NC(=O)c2cc(I)ccc2Br)s1. The second kappa shape index (κ2) is 6.89. The van der Waals surface area contributed by atoms with E-state index in [0.29, 0.717) is 15.0 Å². The number of halogens is 2. The van der Waals surface area contributed by atoms with Gasteiger partial charge in [0.05, 0.1) is 11.1 Å². The number of rotatable bonds is 4. The number of nitrogens with one attached hydrogen (secondary N) is 1. The number of aromatic carboxylic acids is 1. The quantitative estimate of drug-likeness (QED) is 0.628. The van der Waals surface area contributed by atoms with Crippen molar-refractivity contribution in [3.63, 3.8) is 0 Å². The molecule has 0 spiro atoms. The van der Waals surface area contributed by atoms with Crippen molar-refractivity contribution in [1.29, 1.82) is 0 Å². The summed E-state index contributed by atoms with van der Waals surface area (Å²) in [7, 11) is 0. The molecular weight excluding hydrogens is 469 g/mol. The van der Waals surface area contributed by atoms with Crippen molar-refractivity contribution in [2.24, 2.45) is 0 Å². The number of carboxylic acids is 1. The molecule has 0 aliphatic carbocycles. The molecule has 4 nitrogen and oxygen atoms in total. The zero-order chi connectivity index (χ0) is 15.6. The van der Waals surface area contributed by atoms with Crippen molar-refractivity contribution in [3.8, 4) is 0 Å². The van der Waals surface area contributed by atoms with Gasteiger partial charge in [-0.1, -0.05) is 6.92 Å². The minimum absolute atomic E-state index is 0.131. The lowest BCUT2D eigenvalue weighted by atomic mass is 10.2. The monoisotopic (exact) mass is 479 g/mol. The molecule has 21 heavy (non-hydrogen) atoms. The van der Waals surface area contributed by atoms with E-state index in [2.05, 4.69) is 43.8 Å². The van der Waals surface area contributed by atoms with Gasteiger partial charge in [-0.25, -0.2) is 4.79 Å². The van der Waals surface area contributed by atoms with Crippen LogP contribution in [0.2, 0.25) is 0 Å². The highest BCUT2D eigenvalue weighted by Gasteiger charge is 2.18. The number of carbonyl (C=O) groups excluding carboxylic acids is 1. The third-order valence-corrected chi connectivity index (χ3v) is 5.32. The van der Waals surface area contributed by atoms with Crippen LogP contribution in [-0.2, 0) is 6.42 Å². The number of aryl methyl sites for hydroxylation is 1. The maximum absolute atomic E-state index is 12.3. The maximum Gasteiger partial charge on any atom is 0.338 e. The highest BCUT2D eigenvalue weighted by Crippen LogP contribution is 2.30. The van der Waals surface area contributed by atoms with Crippen molar-refractivity contribution in [3.05, 3.63) is 48.3 Å². The molecule has 1 amide bonds. The van der Waals surface area contributed by atoms with Crippen LogP contribution in [0.25, 0.3) is 0 Å². The number of anilines is 1. The molecule has 1 aromatic heterocycles. The molecule has 0 saturated heterocycles. The van der Waals surface area contributed by atoms with Crippen molar-refractivity contribution >= 4 is 66.7 Å². The number of hydrogen-bond donors (Lipinski definition) is 2. The molecule has 0 atom stereocenters. The molecule has 2 N–H and O–H groups in total. The lowest BCUT2D eigenvalue weighted by Gasteiger charge is -2.06. The smallest absolute Gasteiger partial charge is 0.338 e. The van der Waals surface area contributed by atoms with E-state index in [1.54, 1.807) is 18.2 Å². The fourth-order valence-corrected chi connectivity index (χ4v) is 3.61. The first kappa shape index (κ1) is 16.4. The zero-order valence-electron chi connectivity index (χ0n) is 10.9. The predicted molar refractivity (Wildman–Crippen MR) is 95.5 cm³/mol. The van der Waals surface area contributed by atoms with Crippen LogP contribution in [0.5, 0.6) is 0 Å². The van der Waals surface area contributed by atoms with E-state index in [4.69, 9.17) is 0 Å². The van der Waals surface area contributed by atoms with Crippen LogP contribution in [-0.4, -0.2) is 17.0 Å². The van der Waals surface area contributed by atoms with E-state index in [0.717, 1.165) is 14.9 Å². The molecular formula is C14H11BrINO3S. The number of hydrogen-bond acceptors (Lipinski definition) is 3. The largest absolute Gasteiger partial charge is 0.478 e. The predicted octanol–water partition coefficient (Wildman–Crippen LogP) is 4.63. The van der Waals surface area contributed by atoms with Gasteiger partial charge in [-0.15, -0.1) is 11.3 Å². The summed E-state index contributed by atoms with van der Waals surface area (Å²) in [5.41, 5.74) is 0.608. The second-order valence-electron chi connectivity index (χ2n) is 4.19. The molecule has 0 saturated carbocycles. The van der Waals surface area contributed by atoms with Crippen molar-refractivity contribution in [2.45, 2.75) is 13.3 Å².